The van der Waals surface area contributed by atoms with Crippen molar-refractivity contribution in [1.82, 2.24) is 4.90 Å². The van der Waals surface area contributed by atoms with Gasteiger partial charge in [-0.05, 0) is 66.1 Å². The summed E-state index contributed by atoms with van der Waals surface area (Å²) in [6.07, 6.45) is 4.67. The lowest BCUT2D eigenvalue weighted by molar-refractivity contribution is -0.133. The number of aliphatic imine (C=N–C) groups is 1. The highest BCUT2D eigenvalue weighted by Gasteiger charge is 2.46. The van der Waals surface area contributed by atoms with Crippen LogP contribution in [0, 0.1) is 24.2 Å². The maximum atomic E-state index is 13.3. The molecule has 0 aliphatic carbocycles. The predicted molar refractivity (Wildman–Crippen MR) is 135 cm³/mol. The van der Waals surface area contributed by atoms with Gasteiger partial charge in [0.2, 0.25) is 5.91 Å². The van der Waals surface area contributed by atoms with E-state index in [1.807, 2.05) is 42.6 Å². The number of nitrogens with two attached hydrogens (primary N) is 1. The van der Waals surface area contributed by atoms with Crippen LogP contribution in [0.15, 0.2) is 71.0 Å². The molecular formula is C27H26N4OS. The van der Waals surface area contributed by atoms with Gasteiger partial charge >= 0.3 is 0 Å². The van der Waals surface area contributed by atoms with Crippen LogP contribution in [0.3, 0.4) is 0 Å². The van der Waals surface area contributed by atoms with Crippen LogP contribution in [-0.4, -0.2) is 23.8 Å². The zero-order chi connectivity index (χ0) is 23.6. The second-order valence-electron chi connectivity index (χ2n) is 8.45. The molecule has 1 amide bonds. The number of hydrogen-bond acceptors (Lipinski definition) is 5. The standard InChI is InChI=1S/C27H26N4OS/c1-18-8-4-5-10-20(18)11-7-13-23-25(32)31(3)26(29)30-27(23,2)24-15-22(17-33-24)21-12-6-9-19(14-21)16-28/h4-12,14-15,17,23H,13H2,1-3H3,(H2,29,30)/t23?,27-/m0/s1. The van der Waals surface area contributed by atoms with Gasteiger partial charge in [-0.15, -0.1) is 11.3 Å². The molecule has 2 heterocycles. The zero-order valence-electron chi connectivity index (χ0n) is 18.9. The van der Waals surface area contributed by atoms with Gasteiger partial charge in [0.25, 0.3) is 0 Å². The Bertz CT molecular complexity index is 1300. The number of allylic oxidation sites excluding steroid dienone is 1. The van der Waals surface area contributed by atoms with E-state index in [2.05, 4.69) is 43.3 Å². The molecule has 0 saturated carbocycles. The van der Waals surface area contributed by atoms with E-state index >= 15 is 0 Å². The van der Waals surface area contributed by atoms with Gasteiger partial charge in [0.05, 0.1) is 17.6 Å². The Morgan fingerprint density at radius 1 is 1.21 bits per heavy atom. The zero-order valence-corrected chi connectivity index (χ0v) is 19.8. The Balaban J connectivity index is 1.69. The summed E-state index contributed by atoms with van der Waals surface area (Å²) in [5.74, 6) is -0.198. The van der Waals surface area contributed by atoms with Gasteiger partial charge < -0.3 is 5.73 Å². The lowest BCUT2D eigenvalue weighted by Crippen LogP contribution is -2.53. The minimum absolute atomic E-state index is 0.0409. The maximum absolute atomic E-state index is 13.3. The average molecular weight is 455 g/mol. The largest absolute Gasteiger partial charge is 0.369 e. The second-order valence-corrected chi connectivity index (χ2v) is 9.37. The van der Waals surface area contributed by atoms with E-state index in [4.69, 9.17) is 10.7 Å². The van der Waals surface area contributed by atoms with E-state index in [9.17, 15) is 10.1 Å². The first kappa shape index (κ1) is 22.5. The topological polar surface area (TPSA) is 82.5 Å². The average Bonchev–Trinajstić information content (AvgIpc) is 3.32. The third-order valence-electron chi connectivity index (χ3n) is 6.28. The summed E-state index contributed by atoms with van der Waals surface area (Å²) in [7, 11) is 1.67. The van der Waals surface area contributed by atoms with Gasteiger partial charge in [-0.25, -0.2) is 4.99 Å². The second kappa shape index (κ2) is 9.05. The van der Waals surface area contributed by atoms with Crippen LogP contribution in [-0.2, 0) is 10.3 Å². The highest BCUT2D eigenvalue weighted by Crippen LogP contribution is 2.44. The number of thiophene rings is 1. The lowest BCUT2D eigenvalue weighted by atomic mass is 9.79. The molecule has 3 aromatic rings. The molecular weight excluding hydrogens is 428 g/mol. The molecule has 166 valence electrons. The highest BCUT2D eigenvalue weighted by molar-refractivity contribution is 7.10. The normalized spacial score (nSPS) is 20.7. The van der Waals surface area contributed by atoms with Crippen molar-refractivity contribution in [1.29, 1.82) is 5.26 Å². The van der Waals surface area contributed by atoms with Crippen LogP contribution in [0.4, 0.5) is 0 Å². The van der Waals surface area contributed by atoms with Gasteiger partial charge in [0, 0.05) is 11.9 Å². The summed E-state index contributed by atoms with van der Waals surface area (Å²) in [6.45, 7) is 4.06. The summed E-state index contributed by atoms with van der Waals surface area (Å²) in [5.41, 5.74) is 10.3. The van der Waals surface area contributed by atoms with Crippen LogP contribution in [0.5, 0.6) is 0 Å². The third-order valence-corrected chi connectivity index (χ3v) is 7.44. The Morgan fingerprint density at radius 3 is 2.76 bits per heavy atom. The third kappa shape index (κ3) is 4.33. The van der Waals surface area contributed by atoms with Gasteiger partial charge in [-0.3, -0.25) is 9.69 Å². The minimum Gasteiger partial charge on any atom is -0.369 e. The molecule has 0 saturated heterocycles. The van der Waals surface area contributed by atoms with E-state index in [1.54, 1.807) is 24.5 Å². The van der Waals surface area contributed by atoms with E-state index in [1.165, 1.54) is 10.5 Å². The molecule has 1 aliphatic rings. The van der Waals surface area contributed by atoms with E-state index in [-0.39, 0.29) is 17.8 Å². The first-order valence-corrected chi connectivity index (χ1v) is 11.7. The van der Waals surface area contributed by atoms with Gasteiger partial charge in [-0.1, -0.05) is 48.6 Å². The number of carbonyl (C=O) groups is 1. The van der Waals surface area contributed by atoms with E-state index in [0.29, 0.717) is 12.0 Å². The Hall–Kier alpha value is -3.69. The van der Waals surface area contributed by atoms with E-state index in [0.717, 1.165) is 21.6 Å². The van der Waals surface area contributed by atoms with Crippen molar-refractivity contribution < 1.29 is 4.79 Å². The predicted octanol–water partition coefficient (Wildman–Crippen LogP) is 5.32. The number of hydrogen-bond donors (Lipinski definition) is 1. The van der Waals surface area contributed by atoms with Crippen LogP contribution >= 0.6 is 11.3 Å². The Morgan fingerprint density at radius 2 is 2.00 bits per heavy atom. The molecule has 1 aromatic heterocycles. The van der Waals surface area contributed by atoms with Gasteiger partial charge in [0.1, 0.15) is 5.54 Å². The van der Waals surface area contributed by atoms with E-state index < -0.39 is 5.54 Å². The number of nitrogens with zero attached hydrogens (tertiary/aromatic N) is 3. The molecule has 0 bridgehead atoms. The number of benzene rings is 2. The summed E-state index contributed by atoms with van der Waals surface area (Å²) >= 11 is 1.56. The Kier molecular flexibility index (Phi) is 6.17. The van der Waals surface area contributed by atoms with Crippen LogP contribution in [0.2, 0.25) is 0 Å². The molecule has 4 rings (SSSR count). The molecule has 6 heteroatoms. The quantitative estimate of drug-likeness (QED) is 0.567. The molecule has 0 fully saturated rings. The minimum atomic E-state index is -0.778. The molecule has 2 N–H and O–H groups in total. The number of aryl methyl sites for hydroxylation is 1. The number of carbonyl (C=O) groups excluding carboxylic acids is 1. The summed E-state index contributed by atoms with van der Waals surface area (Å²) < 4.78 is 0. The lowest BCUT2D eigenvalue weighted by Gasteiger charge is -2.39. The summed E-state index contributed by atoms with van der Waals surface area (Å²) in [6, 6.07) is 19.9. The van der Waals surface area contributed by atoms with Crippen molar-refractivity contribution in [2.75, 3.05) is 7.05 Å². The fourth-order valence-corrected chi connectivity index (χ4v) is 5.24. The fraction of sp³-hybridized carbons (Fsp3) is 0.222. The van der Waals surface area contributed by atoms with Crippen molar-refractivity contribution in [3.05, 3.63) is 87.6 Å². The molecule has 0 radical (unpaired) electrons. The maximum Gasteiger partial charge on any atom is 0.235 e. The Labute approximate surface area is 198 Å². The molecule has 33 heavy (non-hydrogen) atoms. The number of nitriles is 1. The number of amides is 1. The van der Waals surface area contributed by atoms with Crippen molar-refractivity contribution >= 4 is 29.3 Å². The molecule has 0 spiro atoms. The summed E-state index contributed by atoms with van der Waals surface area (Å²) in [4.78, 5) is 20.5. The number of guanidine groups is 1. The molecule has 2 aromatic carbocycles. The van der Waals surface area contributed by atoms with Crippen molar-refractivity contribution in [3.63, 3.8) is 0 Å². The summed E-state index contributed by atoms with van der Waals surface area (Å²) in [5, 5.41) is 11.3. The van der Waals surface area contributed by atoms with Crippen molar-refractivity contribution in [3.8, 4) is 17.2 Å². The van der Waals surface area contributed by atoms with Gasteiger partial charge in [0.15, 0.2) is 5.96 Å². The molecule has 1 aliphatic heterocycles. The number of rotatable bonds is 5. The van der Waals surface area contributed by atoms with Gasteiger partial charge in [-0.2, -0.15) is 5.26 Å². The van der Waals surface area contributed by atoms with Crippen LogP contribution < -0.4 is 5.73 Å². The molecule has 2 atom stereocenters. The molecule has 1 unspecified atom stereocenters. The van der Waals surface area contributed by atoms with Crippen LogP contribution in [0.25, 0.3) is 17.2 Å². The van der Waals surface area contributed by atoms with Crippen LogP contribution in [0.1, 0.15) is 34.9 Å². The molecule has 5 nitrogen and oxygen atoms in total. The smallest absolute Gasteiger partial charge is 0.235 e. The van der Waals surface area contributed by atoms with Crippen molar-refractivity contribution in [2.24, 2.45) is 16.6 Å². The first-order valence-electron chi connectivity index (χ1n) is 10.8. The SMILES string of the molecule is Cc1ccccc1C=CCC1C(=O)N(C)C(N)=N[C@]1(C)c1cc(-c2cccc(C#N)c2)cs1. The highest BCUT2D eigenvalue weighted by atomic mass is 32.1. The monoisotopic (exact) mass is 454 g/mol. The van der Waals surface area contributed by atoms with Crippen molar-refractivity contribution in [2.45, 2.75) is 25.8 Å². The fourth-order valence-electron chi connectivity index (χ4n) is 4.16. The first-order chi connectivity index (χ1) is 15.8.